The van der Waals surface area contributed by atoms with E-state index in [0.29, 0.717) is 5.92 Å². The van der Waals surface area contributed by atoms with Crippen molar-refractivity contribution in [1.29, 1.82) is 0 Å². The maximum Gasteiger partial charge on any atom is 0.0591 e. The lowest BCUT2D eigenvalue weighted by atomic mass is 10.1. The Balaban J connectivity index is 2.98. The van der Waals surface area contributed by atoms with Gasteiger partial charge in [-0.15, -0.1) is 0 Å². The molecule has 0 rings (SSSR count). The normalized spacial score (nSPS) is 13.0. The predicted molar refractivity (Wildman–Crippen MR) is 64.3 cm³/mol. The average Bonchev–Trinajstić information content (AvgIpc) is 2.22. The molecule has 0 aliphatic rings. The Bertz CT molecular complexity index is 120. The van der Waals surface area contributed by atoms with Gasteiger partial charge in [-0.1, -0.05) is 20.3 Å². The van der Waals surface area contributed by atoms with E-state index >= 15 is 0 Å². The molecule has 1 atom stereocenters. The van der Waals surface area contributed by atoms with Crippen molar-refractivity contribution >= 4 is 0 Å². The molecule has 0 spiro atoms. The molecule has 0 aromatic carbocycles. The highest BCUT2D eigenvalue weighted by molar-refractivity contribution is 4.51. The molecule has 0 aliphatic carbocycles. The fourth-order valence-corrected chi connectivity index (χ4v) is 1.47. The van der Waals surface area contributed by atoms with Gasteiger partial charge in [0.15, 0.2) is 0 Å². The van der Waals surface area contributed by atoms with Gasteiger partial charge in [0.1, 0.15) is 0 Å². The number of hydrogen-bond acceptors (Lipinski definition) is 3. The van der Waals surface area contributed by atoms with Gasteiger partial charge in [-0.2, -0.15) is 0 Å². The molecule has 15 heavy (non-hydrogen) atoms. The van der Waals surface area contributed by atoms with Crippen molar-refractivity contribution < 1.29 is 9.47 Å². The SMILES string of the molecule is CCCC(C)COCCNCCCOC. The molecular weight excluding hydrogens is 190 g/mol. The zero-order valence-corrected chi connectivity index (χ0v) is 10.6. The Labute approximate surface area is 94.5 Å². The van der Waals surface area contributed by atoms with Crippen molar-refractivity contribution in [1.82, 2.24) is 5.32 Å². The second-order valence-electron chi connectivity index (χ2n) is 4.07. The van der Waals surface area contributed by atoms with Gasteiger partial charge in [-0.3, -0.25) is 0 Å². The summed E-state index contributed by atoms with van der Waals surface area (Å²) < 4.78 is 10.5. The third-order valence-electron chi connectivity index (χ3n) is 2.31. The van der Waals surface area contributed by atoms with E-state index in [4.69, 9.17) is 9.47 Å². The third-order valence-corrected chi connectivity index (χ3v) is 2.31. The van der Waals surface area contributed by atoms with Crippen molar-refractivity contribution in [3.63, 3.8) is 0 Å². The maximum absolute atomic E-state index is 5.56. The minimum absolute atomic E-state index is 0.698. The molecule has 0 aliphatic heterocycles. The van der Waals surface area contributed by atoms with E-state index in [1.54, 1.807) is 7.11 Å². The summed E-state index contributed by atoms with van der Waals surface area (Å²) in [5, 5.41) is 3.32. The largest absolute Gasteiger partial charge is 0.385 e. The molecule has 92 valence electrons. The number of hydrogen-bond donors (Lipinski definition) is 1. The van der Waals surface area contributed by atoms with Gasteiger partial charge in [0.25, 0.3) is 0 Å². The van der Waals surface area contributed by atoms with Gasteiger partial charge >= 0.3 is 0 Å². The summed E-state index contributed by atoms with van der Waals surface area (Å²) in [6.45, 7) is 8.98. The summed E-state index contributed by atoms with van der Waals surface area (Å²) in [6.07, 6.45) is 3.59. The summed E-state index contributed by atoms with van der Waals surface area (Å²) in [5.41, 5.74) is 0. The summed E-state index contributed by atoms with van der Waals surface area (Å²) in [4.78, 5) is 0. The number of methoxy groups -OCH3 is 1. The van der Waals surface area contributed by atoms with Crippen molar-refractivity contribution in [2.24, 2.45) is 5.92 Å². The van der Waals surface area contributed by atoms with Crippen LogP contribution in [0, 0.1) is 5.92 Å². The lowest BCUT2D eigenvalue weighted by Gasteiger charge is -2.11. The van der Waals surface area contributed by atoms with E-state index in [1.807, 2.05) is 0 Å². The molecule has 0 fully saturated rings. The van der Waals surface area contributed by atoms with Crippen molar-refractivity contribution in [2.75, 3.05) is 40.0 Å². The molecule has 0 aromatic rings. The van der Waals surface area contributed by atoms with Crippen LogP contribution in [0.25, 0.3) is 0 Å². The molecule has 1 unspecified atom stereocenters. The Morgan fingerprint density at radius 1 is 1.20 bits per heavy atom. The van der Waals surface area contributed by atoms with E-state index in [1.165, 1.54) is 12.8 Å². The zero-order chi connectivity index (χ0) is 11.4. The maximum atomic E-state index is 5.56. The first-order valence-electron chi connectivity index (χ1n) is 6.08. The third kappa shape index (κ3) is 11.8. The summed E-state index contributed by atoms with van der Waals surface area (Å²) in [7, 11) is 1.73. The van der Waals surface area contributed by atoms with E-state index in [2.05, 4.69) is 19.2 Å². The number of rotatable bonds is 11. The topological polar surface area (TPSA) is 30.5 Å². The van der Waals surface area contributed by atoms with Crippen LogP contribution < -0.4 is 5.32 Å². The van der Waals surface area contributed by atoms with Crippen LogP contribution in [-0.2, 0) is 9.47 Å². The number of nitrogens with one attached hydrogen (secondary N) is 1. The summed E-state index contributed by atoms with van der Waals surface area (Å²) in [6, 6.07) is 0. The lowest BCUT2D eigenvalue weighted by molar-refractivity contribution is 0.103. The van der Waals surface area contributed by atoms with Crippen molar-refractivity contribution in [3.8, 4) is 0 Å². The Morgan fingerprint density at radius 2 is 2.00 bits per heavy atom. The van der Waals surface area contributed by atoms with Crippen LogP contribution in [0.4, 0.5) is 0 Å². The molecule has 0 aromatic heterocycles. The first-order valence-corrected chi connectivity index (χ1v) is 6.08. The van der Waals surface area contributed by atoms with E-state index in [-0.39, 0.29) is 0 Å². The average molecular weight is 217 g/mol. The molecule has 1 N–H and O–H groups in total. The van der Waals surface area contributed by atoms with Crippen LogP contribution >= 0.6 is 0 Å². The van der Waals surface area contributed by atoms with Gasteiger partial charge in [-0.25, -0.2) is 0 Å². The fraction of sp³-hybridized carbons (Fsp3) is 1.00. The summed E-state index contributed by atoms with van der Waals surface area (Å²) >= 11 is 0. The van der Waals surface area contributed by atoms with Crippen molar-refractivity contribution in [3.05, 3.63) is 0 Å². The minimum atomic E-state index is 0.698. The molecule has 0 saturated heterocycles. The molecular formula is C12H27NO2. The quantitative estimate of drug-likeness (QED) is 0.537. The summed E-state index contributed by atoms with van der Waals surface area (Å²) in [5.74, 6) is 0.698. The zero-order valence-electron chi connectivity index (χ0n) is 10.6. The first-order chi connectivity index (χ1) is 7.31. The van der Waals surface area contributed by atoms with Crippen LogP contribution in [0.15, 0.2) is 0 Å². The van der Waals surface area contributed by atoms with Crippen LogP contribution in [0.5, 0.6) is 0 Å². The fourth-order valence-electron chi connectivity index (χ4n) is 1.47. The molecule has 0 heterocycles. The van der Waals surface area contributed by atoms with Crippen LogP contribution in [0.1, 0.15) is 33.1 Å². The molecule has 3 nitrogen and oxygen atoms in total. The minimum Gasteiger partial charge on any atom is -0.385 e. The van der Waals surface area contributed by atoms with Gasteiger partial charge in [0, 0.05) is 26.9 Å². The molecule has 3 heteroatoms. The molecule has 0 saturated carbocycles. The lowest BCUT2D eigenvalue weighted by Crippen LogP contribution is -2.22. The molecule has 0 bridgehead atoms. The van der Waals surface area contributed by atoms with Gasteiger partial charge < -0.3 is 14.8 Å². The van der Waals surface area contributed by atoms with Gasteiger partial charge in [0.05, 0.1) is 6.61 Å². The molecule has 0 amide bonds. The smallest absolute Gasteiger partial charge is 0.0591 e. The monoisotopic (exact) mass is 217 g/mol. The van der Waals surface area contributed by atoms with Crippen LogP contribution in [0.2, 0.25) is 0 Å². The highest BCUT2D eigenvalue weighted by atomic mass is 16.5. The Hall–Kier alpha value is -0.120. The molecule has 0 radical (unpaired) electrons. The van der Waals surface area contributed by atoms with Gasteiger partial charge in [-0.05, 0) is 25.3 Å². The van der Waals surface area contributed by atoms with Crippen molar-refractivity contribution in [2.45, 2.75) is 33.1 Å². The van der Waals surface area contributed by atoms with E-state index in [0.717, 1.165) is 39.3 Å². The van der Waals surface area contributed by atoms with E-state index < -0.39 is 0 Å². The standard InChI is InChI=1S/C12H27NO2/c1-4-6-12(2)11-15-10-8-13-7-5-9-14-3/h12-13H,4-11H2,1-3H3. The number of ether oxygens (including phenoxy) is 2. The van der Waals surface area contributed by atoms with Gasteiger partial charge in [0.2, 0.25) is 0 Å². The van der Waals surface area contributed by atoms with E-state index in [9.17, 15) is 0 Å². The van der Waals surface area contributed by atoms with Crippen LogP contribution in [-0.4, -0.2) is 40.0 Å². The Morgan fingerprint density at radius 3 is 2.67 bits per heavy atom. The predicted octanol–water partition coefficient (Wildman–Crippen LogP) is 2.07. The highest BCUT2D eigenvalue weighted by Crippen LogP contribution is 2.04. The van der Waals surface area contributed by atoms with Crippen LogP contribution in [0.3, 0.4) is 0 Å². The second-order valence-corrected chi connectivity index (χ2v) is 4.07. The highest BCUT2D eigenvalue weighted by Gasteiger charge is 1.99. The first kappa shape index (κ1) is 14.9. The Kier molecular flexibility index (Phi) is 11.9. The second kappa shape index (κ2) is 12.0.